The van der Waals surface area contributed by atoms with Crippen molar-refractivity contribution in [2.24, 2.45) is 0 Å². The monoisotopic (exact) mass is 484 g/mol. The number of carbonyl (C=O) groups excluding carboxylic acids is 1. The minimum atomic E-state index is -0.307. The number of nitrogens with one attached hydrogen (secondary N) is 2. The lowest BCUT2D eigenvalue weighted by molar-refractivity contribution is -0.126. The molecule has 0 bridgehead atoms. The van der Waals surface area contributed by atoms with Crippen molar-refractivity contribution in [3.63, 3.8) is 0 Å². The van der Waals surface area contributed by atoms with Crippen LogP contribution in [0.4, 0.5) is 4.39 Å². The van der Waals surface area contributed by atoms with Crippen molar-refractivity contribution in [3.8, 4) is 33.6 Å². The lowest BCUT2D eigenvalue weighted by atomic mass is 9.97. The van der Waals surface area contributed by atoms with Crippen molar-refractivity contribution in [3.05, 3.63) is 83.9 Å². The number of nitrogens with zero attached hydrogens (tertiary/aromatic N) is 4. The molecule has 5 rings (SSSR count). The Bertz CT molecular complexity index is 1360. The second-order valence-electron chi connectivity index (χ2n) is 9.22. The molecule has 2 aromatic carbocycles. The maximum absolute atomic E-state index is 14.9. The number of aromatic amines is 1. The molecule has 1 aliphatic heterocycles. The lowest BCUT2D eigenvalue weighted by Gasteiger charge is -2.32. The maximum Gasteiger partial charge on any atom is 0.238 e. The van der Waals surface area contributed by atoms with Crippen LogP contribution >= 0.6 is 0 Å². The first kappa shape index (κ1) is 23.8. The molecule has 184 valence electrons. The number of carbonyl (C=O) groups is 1. The summed E-state index contributed by atoms with van der Waals surface area (Å²) in [6.45, 7) is 5.43. The first-order chi connectivity index (χ1) is 17.5. The zero-order chi connectivity index (χ0) is 25.1. The van der Waals surface area contributed by atoms with Gasteiger partial charge in [0.25, 0.3) is 0 Å². The zero-order valence-electron chi connectivity index (χ0n) is 20.5. The smallest absolute Gasteiger partial charge is 0.238 e. The fourth-order valence-corrected chi connectivity index (χ4v) is 4.42. The molecular weight excluding hydrogens is 455 g/mol. The van der Waals surface area contributed by atoms with Crippen LogP contribution in [0, 0.1) is 12.7 Å². The third-order valence-corrected chi connectivity index (χ3v) is 6.48. The molecule has 0 atom stereocenters. The Morgan fingerprint density at radius 1 is 1.00 bits per heavy atom. The molecule has 0 spiro atoms. The third kappa shape index (κ3) is 5.35. The van der Waals surface area contributed by atoms with E-state index in [2.05, 4.69) is 32.6 Å². The standard InChI is InChI=1S/C28H29FN6O/c1-19-4-3-5-26(31-19)28-24(18-30-32-28)22-10-11-25(29)23(17-22)21-8-6-20(7-9-21)16-27(36)33-35-14-12-34(2)13-15-35/h3-11,17-18H,12-16H2,1-2H3,(H,30,32)(H,33,36). The number of benzene rings is 2. The molecule has 7 nitrogen and oxygen atoms in total. The number of pyridine rings is 1. The summed E-state index contributed by atoms with van der Waals surface area (Å²) in [7, 11) is 2.08. The van der Waals surface area contributed by atoms with Gasteiger partial charge in [-0.25, -0.2) is 9.40 Å². The molecule has 3 heterocycles. The molecule has 1 amide bonds. The van der Waals surface area contributed by atoms with E-state index >= 15 is 0 Å². The predicted molar refractivity (Wildman–Crippen MR) is 138 cm³/mol. The number of hydrogen-bond acceptors (Lipinski definition) is 5. The molecule has 2 N–H and O–H groups in total. The van der Waals surface area contributed by atoms with Gasteiger partial charge in [-0.1, -0.05) is 36.4 Å². The van der Waals surface area contributed by atoms with E-state index in [9.17, 15) is 9.18 Å². The first-order valence-corrected chi connectivity index (χ1v) is 12.1. The Kier molecular flexibility index (Phi) is 6.88. The van der Waals surface area contributed by atoms with E-state index in [4.69, 9.17) is 0 Å². The molecule has 0 radical (unpaired) electrons. The summed E-state index contributed by atoms with van der Waals surface area (Å²) in [4.78, 5) is 19.3. The molecular formula is C28H29FN6O. The van der Waals surface area contributed by atoms with Gasteiger partial charge in [0, 0.05) is 43.0 Å². The highest BCUT2D eigenvalue weighted by Crippen LogP contribution is 2.33. The van der Waals surface area contributed by atoms with Crippen molar-refractivity contribution >= 4 is 5.91 Å². The number of hydrogen-bond donors (Lipinski definition) is 2. The van der Waals surface area contributed by atoms with E-state index in [-0.39, 0.29) is 18.1 Å². The minimum Gasteiger partial charge on any atom is -0.304 e. The number of halogens is 1. The molecule has 1 saturated heterocycles. The van der Waals surface area contributed by atoms with Gasteiger partial charge in [0.05, 0.1) is 24.0 Å². The fraction of sp³-hybridized carbons (Fsp3) is 0.250. The average Bonchev–Trinajstić information content (AvgIpc) is 3.36. The number of amides is 1. The fourth-order valence-electron chi connectivity index (χ4n) is 4.42. The van der Waals surface area contributed by atoms with Crippen LogP contribution < -0.4 is 5.43 Å². The normalized spacial score (nSPS) is 14.6. The summed E-state index contributed by atoms with van der Waals surface area (Å²) in [6, 6.07) is 18.3. The molecule has 0 unspecified atom stereocenters. The van der Waals surface area contributed by atoms with Crippen molar-refractivity contribution < 1.29 is 9.18 Å². The Labute approximate surface area is 210 Å². The number of aromatic nitrogens is 3. The Morgan fingerprint density at radius 2 is 1.75 bits per heavy atom. The average molecular weight is 485 g/mol. The Balaban J connectivity index is 1.33. The topological polar surface area (TPSA) is 77.2 Å². The highest BCUT2D eigenvalue weighted by atomic mass is 19.1. The van der Waals surface area contributed by atoms with Crippen LogP contribution in [0.15, 0.2) is 66.9 Å². The van der Waals surface area contributed by atoms with E-state index in [1.807, 2.05) is 60.5 Å². The van der Waals surface area contributed by atoms with E-state index in [1.54, 1.807) is 12.3 Å². The van der Waals surface area contributed by atoms with Gasteiger partial charge in [-0.15, -0.1) is 0 Å². The van der Waals surface area contributed by atoms with E-state index in [1.165, 1.54) is 6.07 Å². The van der Waals surface area contributed by atoms with Gasteiger partial charge < -0.3 is 4.90 Å². The lowest BCUT2D eigenvalue weighted by Crippen LogP contribution is -2.52. The number of likely N-dealkylation sites (N-methyl/N-ethyl adjacent to an activating group) is 1. The summed E-state index contributed by atoms with van der Waals surface area (Å²) < 4.78 is 14.9. The Morgan fingerprint density at radius 3 is 2.50 bits per heavy atom. The highest BCUT2D eigenvalue weighted by Gasteiger charge is 2.17. The third-order valence-electron chi connectivity index (χ3n) is 6.48. The summed E-state index contributed by atoms with van der Waals surface area (Å²) in [5.41, 5.74) is 9.28. The van der Waals surface area contributed by atoms with Gasteiger partial charge in [0.2, 0.25) is 5.91 Å². The van der Waals surface area contributed by atoms with Crippen molar-refractivity contribution in [1.82, 2.24) is 30.5 Å². The molecule has 2 aromatic heterocycles. The van der Waals surface area contributed by atoms with Gasteiger partial charge in [0.15, 0.2) is 0 Å². The van der Waals surface area contributed by atoms with E-state index in [0.717, 1.165) is 65.5 Å². The van der Waals surface area contributed by atoms with Crippen LogP contribution in [0.1, 0.15) is 11.3 Å². The number of H-pyrrole nitrogens is 1. The van der Waals surface area contributed by atoms with Crippen molar-refractivity contribution in [1.29, 1.82) is 0 Å². The van der Waals surface area contributed by atoms with Gasteiger partial charge >= 0.3 is 0 Å². The molecule has 1 aliphatic rings. The van der Waals surface area contributed by atoms with E-state index < -0.39 is 0 Å². The molecule has 4 aromatic rings. The van der Waals surface area contributed by atoms with Crippen molar-refractivity contribution in [2.45, 2.75) is 13.3 Å². The summed E-state index contributed by atoms with van der Waals surface area (Å²) in [5.74, 6) is -0.351. The number of piperazine rings is 1. The zero-order valence-corrected chi connectivity index (χ0v) is 20.5. The quantitative estimate of drug-likeness (QED) is 0.431. The van der Waals surface area contributed by atoms with Crippen molar-refractivity contribution in [2.75, 3.05) is 33.2 Å². The molecule has 0 saturated carbocycles. The number of rotatable bonds is 6. The predicted octanol–water partition coefficient (Wildman–Crippen LogP) is 4.07. The van der Waals surface area contributed by atoms with E-state index in [0.29, 0.717) is 5.56 Å². The van der Waals surface area contributed by atoms with Crippen LogP contribution in [0.25, 0.3) is 33.6 Å². The van der Waals surface area contributed by atoms with Crippen LogP contribution in [0.5, 0.6) is 0 Å². The number of aryl methyl sites for hydroxylation is 1. The highest BCUT2D eigenvalue weighted by molar-refractivity contribution is 5.82. The first-order valence-electron chi connectivity index (χ1n) is 12.1. The Hall–Kier alpha value is -3.88. The molecule has 8 heteroatoms. The van der Waals surface area contributed by atoms with Gasteiger partial charge in [-0.05, 0) is 54.9 Å². The molecule has 0 aliphatic carbocycles. The molecule has 1 fully saturated rings. The second kappa shape index (κ2) is 10.4. The summed E-state index contributed by atoms with van der Waals surface area (Å²) in [6.07, 6.45) is 2.01. The summed E-state index contributed by atoms with van der Waals surface area (Å²) in [5, 5.41) is 9.21. The number of hydrazine groups is 1. The maximum atomic E-state index is 14.9. The van der Waals surface area contributed by atoms with Crippen LogP contribution in [-0.2, 0) is 11.2 Å². The largest absolute Gasteiger partial charge is 0.304 e. The summed E-state index contributed by atoms with van der Waals surface area (Å²) >= 11 is 0. The van der Waals surface area contributed by atoms with Crippen LogP contribution in [0.2, 0.25) is 0 Å². The van der Waals surface area contributed by atoms with Gasteiger partial charge in [-0.3, -0.25) is 20.3 Å². The second-order valence-corrected chi connectivity index (χ2v) is 9.22. The minimum absolute atomic E-state index is 0.0438. The molecule has 36 heavy (non-hydrogen) atoms. The van der Waals surface area contributed by atoms with Crippen LogP contribution in [-0.4, -0.2) is 64.2 Å². The van der Waals surface area contributed by atoms with Gasteiger partial charge in [-0.2, -0.15) is 5.10 Å². The van der Waals surface area contributed by atoms with Crippen LogP contribution in [0.3, 0.4) is 0 Å². The SMILES string of the molecule is Cc1cccc(-c2[nH]ncc2-c2ccc(F)c(-c3ccc(CC(=O)NN4CCN(C)CC4)cc3)c2)n1. The van der Waals surface area contributed by atoms with Gasteiger partial charge in [0.1, 0.15) is 5.82 Å².